The largest absolute Gasteiger partial charge is 0.485 e. The Morgan fingerprint density at radius 3 is 2.66 bits per heavy atom. The lowest BCUT2D eigenvalue weighted by Crippen LogP contribution is -2.50. The Bertz CT molecular complexity index is 829. The molecule has 2 aliphatic rings. The molecule has 1 aliphatic heterocycles. The number of aromatic nitrogens is 1. The molecule has 1 saturated carbocycles. The van der Waals surface area contributed by atoms with Crippen molar-refractivity contribution in [3.63, 3.8) is 0 Å². The summed E-state index contributed by atoms with van der Waals surface area (Å²) in [4.78, 5) is 21.8. The van der Waals surface area contributed by atoms with E-state index in [1.807, 2.05) is 35.2 Å². The SMILES string of the molecule is CN(C)CC1CCC2(CC1)CN(C(=O)Cc1ccccn1)Cc1ccccc1O2. The minimum absolute atomic E-state index is 0.124. The maximum atomic E-state index is 13.2. The van der Waals surface area contributed by atoms with Crippen LogP contribution >= 0.6 is 0 Å². The van der Waals surface area contributed by atoms with Crippen molar-refractivity contribution in [3.05, 3.63) is 59.9 Å². The molecule has 5 nitrogen and oxygen atoms in total. The van der Waals surface area contributed by atoms with Crippen LogP contribution in [0.15, 0.2) is 48.7 Å². The highest BCUT2D eigenvalue weighted by Crippen LogP contribution is 2.40. The molecule has 0 bridgehead atoms. The van der Waals surface area contributed by atoms with Crippen LogP contribution in [0.3, 0.4) is 0 Å². The maximum Gasteiger partial charge on any atom is 0.229 e. The Morgan fingerprint density at radius 2 is 1.93 bits per heavy atom. The Balaban J connectivity index is 1.54. The van der Waals surface area contributed by atoms with E-state index in [-0.39, 0.29) is 11.5 Å². The number of rotatable bonds is 4. The molecule has 0 unspecified atom stereocenters. The van der Waals surface area contributed by atoms with E-state index in [0.717, 1.165) is 49.2 Å². The lowest BCUT2D eigenvalue weighted by atomic mass is 9.78. The van der Waals surface area contributed by atoms with Gasteiger partial charge in [-0.1, -0.05) is 24.3 Å². The number of hydrogen-bond donors (Lipinski definition) is 0. The third-order valence-electron chi connectivity index (χ3n) is 6.19. The lowest BCUT2D eigenvalue weighted by molar-refractivity contribution is -0.134. The summed E-state index contributed by atoms with van der Waals surface area (Å²) < 4.78 is 6.65. The third-order valence-corrected chi connectivity index (χ3v) is 6.19. The molecule has 2 heterocycles. The van der Waals surface area contributed by atoms with Crippen LogP contribution in [-0.4, -0.2) is 53.5 Å². The second kappa shape index (κ2) is 8.54. The minimum atomic E-state index is -0.283. The van der Waals surface area contributed by atoms with Gasteiger partial charge in [0.2, 0.25) is 5.91 Å². The predicted octanol–water partition coefficient (Wildman–Crippen LogP) is 3.54. The number of fused-ring (bicyclic) bond motifs is 1. The van der Waals surface area contributed by atoms with E-state index in [2.05, 4.69) is 36.1 Å². The van der Waals surface area contributed by atoms with Crippen molar-refractivity contribution in [2.24, 2.45) is 5.92 Å². The van der Waals surface area contributed by atoms with E-state index in [1.165, 1.54) is 0 Å². The number of hydrogen-bond acceptors (Lipinski definition) is 4. The molecule has 1 aromatic carbocycles. The summed E-state index contributed by atoms with van der Waals surface area (Å²) in [7, 11) is 4.28. The van der Waals surface area contributed by atoms with E-state index in [4.69, 9.17) is 4.74 Å². The average Bonchev–Trinajstić information content (AvgIpc) is 2.87. The molecule has 1 aromatic heterocycles. The van der Waals surface area contributed by atoms with Crippen LogP contribution in [0.2, 0.25) is 0 Å². The topological polar surface area (TPSA) is 45.7 Å². The van der Waals surface area contributed by atoms with Gasteiger partial charge >= 0.3 is 0 Å². The molecule has 0 radical (unpaired) electrons. The van der Waals surface area contributed by atoms with Crippen molar-refractivity contribution in [3.8, 4) is 5.75 Å². The van der Waals surface area contributed by atoms with Crippen LogP contribution in [-0.2, 0) is 17.8 Å². The number of ether oxygens (including phenoxy) is 1. The Labute approximate surface area is 173 Å². The summed E-state index contributed by atoms with van der Waals surface area (Å²) in [6, 6.07) is 13.9. The molecule has 29 heavy (non-hydrogen) atoms. The van der Waals surface area contributed by atoms with Gasteiger partial charge < -0.3 is 14.5 Å². The van der Waals surface area contributed by atoms with Crippen LogP contribution < -0.4 is 4.74 Å². The molecule has 1 aliphatic carbocycles. The van der Waals surface area contributed by atoms with E-state index >= 15 is 0 Å². The van der Waals surface area contributed by atoms with Crippen molar-refractivity contribution in [1.29, 1.82) is 0 Å². The summed E-state index contributed by atoms with van der Waals surface area (Å²) in [5, 5.41) is 0. The molecule has 5 heteroatoms. The third kappa shape index (κ3) is 4.78. The minimum Gasteiger partial charge on any atom is -0.485 e. The highest BCUT2D eigenvalue weighted by molar-refractivity contribution is 5.78. The van der Waals surface area contributed by atoms with Crippen LogP contribution in [0.5, 0.6) is 5.75 Å². The molecule has 1 fully saturated rings. The quantitative estimate of drug-likeness (QED) is 0.797. The number of pyridine rings is 1. The van der Waals surface area contributed by atoms with Gasteiger partial charge in [-0.05, 0) is 63.9 Å². The molecule has 1 amide bonds. The molecule has 2 aromatic rings. The van der Waals surface area contributed by atoms with Gasteiger partial charge in [0.05, 0.1) is 13.0 Å². The number of benzene rings is 1. The first-order valence-corrected chi connectivity index (χ1v) is 10.6. The number of nitrogens with zero attached hydrogens (tertiary/aromatic N) is 3. The van der Waals surface area contributed by atoms with Crippen LogP contribution in [0, 0.1) is 5.92 Å². The van der Waals surface area contributed by atoms with Gasteiger partial charge in [0.25, 0.3) is 0 Å². The first kappa shape index (κ1) is 19.9. The monoisotopic (exact) mass is 393 g/mol. The van der Waals surface area contributed by atoms with E-state index in [0.29, 0.717) is 25.4 Å². The predicted molar refractivity (Wildman–Crippen MR) is 114 cm³/mol. The number of para-hydroxylation sites is 1. The zero-order valence-electron chi connectivity index (χ0n) is 17.5. The zero-order chi connectivity index (χ0) is 20.3. The first-order chi connectivity index (χ1) is 14.0. The number of carbonyl (C=O) groups is 1. The van der Waals surface area contributed by atoms with Crippen molar-refractivity contribution < 1.29 is 9.53 Å². The van der Waals surface area contributed by atoms with Crippen LogP contribution in [0.1, 0.15) is 36.9 Å². The summed E-state index contributed by atoms with van der Waals surface area (Å²) in [5.74, 6) is 1.76. The standard InChI is InChI=1S/C24H31N3O2/c1-26(2)16-19-10-12-24(13-11-19)18-27(17-20-7-3-4-9-22(20)29-24)23(28)15-21-8-5-6-14-25-21/h3-9,14,19H,10-13,15-18H2,1-2H3. The number of amides is 1. The van der Waals surface area contributed by atoms with E-state index in [9.17, 15) is 4.79 Å². The Kier molecular flexibility index (Phi) is 5.86. The second-order valence-electron chi connectivity index (χ2n) is 8.85. The smallest absolute Gasteiger partial charge is 0.229 e. The fraction of sp³-hybridized carbons (Fsp3) is 0.500. The Hall–Kier alpha value is -2.40. The molecular weight excluding hydrogens is 362 g/mol. The summed E-state index contributed by atoms with van der Waals surface area (Å²) in [5.41, 5.74) is 1.63. The Morgan fingerprint density at radius 1 is 1.17 bits per heavy atom. The fourth-order valence-electron chi connectivity index (χ4n) is 4.72. The van der Waals surface area contributed by atoms with Gasteiger partial charge in [0, 0.05) is 30.5 Å². The van der Waals surface area contributed by atoms with Crippen molar-refractivity contribution >= 4 is 5.91 Å². The fourth-order valence-corrected chi connectivity index (χ4v) is 4.72. The summed E-state index contributed by atoms with van der Waals surface area (Å²) >= 11 is 0. The molecule has 0 atom stereocenters. The number of carbonyl (C=O) groups excluding carboxylic acids is 1. The van der Waals surface area contributed by atoms with E-state index < -0.39 is 0 Å². The molecule has 0 saturated heterocycles. The molecular formula is C24H31N3O2. The van der Waals surface area contributed by atoms with Crippen molar-refractivity contribution in [2.45, 2.75) is 44.2 Å². The van der Waals surface area contributed by atoms with Gasteiger partial charge in [-0.3, -0.25) is 9.78 Å². The normalized spacial score (nSPS) is 24.1. The molecule has 4 rings (SSSR count). The van der Waals surface area contributed by atoms with Gasteiger partial charge in [-0.2, -0.15) is 0 Å². The maximum absolute atomic E-state index is 13.2. The zero-order valence-corrected chi connectivity index (χ0v) is 17.5. The van der Waals surface area contributed by atoms with Gasteiger partial charge in [0.15, 0.2) is 0 Å². The molecule has 1 spiro atoms. The van der Waals surface area contributed by atoms with Crippen LogP contribution in [0.25, 0.3) is 0 Å². The summed E-state index contributed by atoms with van der Waals surface area (Å²) in [6.45, 7) is 2.38. The van der Waals surface area contributed by atoms with E-state index in [1.54, 1.807) is 6.20 Å². The average molecular weight is 394 g/mol. The molecule has 154 valence electrons. The van der Waals surface area contributed by atoms with Gasteiger partial charge in [-0.25, -0.2) is 0 Å². The van der Waals surface area contributed by atoms with Crippen LogP contribution in [0.4, 0.5) is 0 Å². The highest BCUT2D eigenvalue weighted by atomic mass is 16.5. The van der Waals surface area contributed by atoms with Gasteiger partial charge in [-0.15, -0.1) is 0 Å². The first-order valence-electron chi connectivity index (χ1n) is 10.6. The molecule has 0 N–H and O–H groups in total. The van der Waals surface area contributed by atoms with Crippen molar-refractivity contribution in [1.82, 2.24) is 14.8 Å². The highest BCUT2D eigenvalue weighted by Gasteiger charge is 2.42. The summed E-state index contributed by atoms with van der Waals surface area (Å²) in [6.07, 6.45) is 6.35. The van der Waals surface area contributed by atoms with Crippen molar-refractivity contribution in [2.75, 3.05) is 27.2 Å². The van der Waals surface area contributed by atoms with Gasteiger partial charge in [0.1, 0.15) is 11.4 Å². The lowest BCUT2D eigenvalue weighted by Gasteiger charge is -2.42. The second-order valence-corrected chi connectivity index (χ2v) is 8.85.